The predicted molar refractivity (Wildman–Crippen MR) is 74.9 cm³/mol. The second kappa shape index (κ2) is 7.27. The van der Waals surface area contributed by atoms with Gasteiger partial charge in [0.25, 0.3) is 0 Å². The van der Waals surface area contributed by atoms with Crippen LogP contribution in [0.4, 0.5) is 0 Å². The van der Waals surface area contributed by atoms with E-state index >= 15 is 0 Å². The molecule has 1 aromatic rings. The third-order valence-corrected chi connectivity index (χ3v) is 4.08. The van der Waals surface area contributed by atoms with Crippen LogP contribution in [0.2, 0.25) is 5.02 Å². The van der Waals surface area contributed by atoms with Crippen molar-refractivity contribution >= 4 is 23.4 Å². The van der Waals surface area contributed by atoms with Gasteiger partial charge in [-0.2, -0.15) is 11.8 Å². The minimum Gasteiger partial charge on any atom is -0.395 e. The number of hydrogen-bond acceptors (Lipinski definition) is 3. The summed E-state index contributed by atoms with van der Waals surface area (Å²) in [5, 5.41) is 19.9. The number of hydrogen-bond donors (Lipinski definition) is 2. The van der Waals surface area contributed by atoms with Crippen molar-refractivity contribution < 1.29 is 10.2 Å². The number of rotatable bonds is 7. The van der Waals surface area contributed by atoms with Crippen LogP contribution in [0, 0.1) is 0 Å². The first kappa shape index (κ1) is 14.8. The van der Waals surface area contributed by atoms with E-state index in [0.29, 0.717) is 5.02 Å². The predicted octanol–water partition coefficient (Wildman–Crippen LogP) is 2.71. The van der Waals surface area contributed by atoms with E-state index in [9.17, 15) is 10.2 Å². The van der Waals surface area contributed by atoms with Gasteiger partial charge in [0.1, 0.15) is 0 Å². The molecule has 0 atom stereocenters. The minimum atomic E-state index is -0.617. The van der Waals surface area contributed by atoms with Gasteiger partial charge in [-0.15, -0.1) is 0 Å². The summed E-state index contributed by atoms with van der Waals surface area (Å²) in [4.78, 5) is 0. The van der Waals surface area contributed by atoms with Crippen molar-refractivity contribution in [3.05, 3.63) is 34.9 Å². The van der Waals surface area contributed by atoms with Crippen LogP contribution in [0.15, 0.2) is 24.3 Å². The third-order valence-electron chi connectivity index (χ3n) is 3.05. The molecule has 17 heavy (non-hydrogen) atoms. The summed E-state index contributed by atoms with van der Waals surface area (Å²) < 4.78 is 0. The highest BCUT2D eigenvalue weighted by Crippen LogP contribution is 2.34. The van der Waals surface area contributed by atoms with Gasteiger partial charge < -0.3 is 10.2 Å². The van der Waals surface area contributed by atoms with E-state index in [4.69, 9.17) is 11.6 Å². The Balaban J connectivity index is 2.94. The van der Waals surface area contributed by atoms with E-state index in [1.807, 2.05) is 18.2 Å². The Morgan fingerprint density at radius 2 is 1.88 bits per heavy atom. The Morgan fingerprint density at radius 3 is 2.41 bits per heavy atom. The molecule has 0 fully saturated rings. The molecule has 4 heteroatoms. The Bertz CT molecular complexity index is 340. The smallest absolute Gasteiger partial charge is 0.0550 e. The van der Waals surface area contributed by atoms with Crippen molar-refractivity contribution in [2.45, 2.75) is 18.3 Å². The number of halogens is 1. The van der Waals surface area contributed by atoms with Crippen LogP contribution in [-0.2, 0) is 5.41 Å². The van der Waals surface area contributed by atoms with E-state index < -0.39 is 5.41 Å². The van der Waals surface area contributed by atoms with Crippen molar-refractivity contribution in [3.63, 3.8) is 0 Å². The zero-order chi connectivity index (χ0) is 12.7. The molecule has 2 N–H and O–H groups in total. The molecule has 0 heterocycles. The lowest BCUT2D eigenvalue weighted by molar-refractivity contribution is 0.109. The Kier molecular flexibility index (Phi) is 6.34. The first-order chi connectivity index (χ1) is 8.20. The average Bonchev–Trinajstić information content (AvgIpc) is 2.36. The van der Waals surface area contributed by atoms with Crippen molar-refractivity contribution in [3.8, 4) is 0 Å². The fourth-order valence-corrected chi connectivity index (χ4v) is 2.73. The van der Waals surface area contributed by atoms with Crippen LogP contribution in [-0.4, -0.2) is 35.4 Å². The SMILES string of the molecule is CSCCCC(CO)(CO)c1ccccc1Cl. The van der Waals surface area contributed by atoms with Crippen molar-refractivity contribution in [2.75, 3.05) is 25.2 Å². The van der Waals surface area contributed by atoms with Gasteiger partial charge in [0.15, 0.2) is 0 Å². The Labute approximate surface area is 112 Å². The van der Waals surface area contributed by atoms with E-state index in [1.165, 1.54) is 0 Å². The summed E-state index contributed by atoms with van der Waals surface area (Å²) in [5.74, 6) is 1.02. The lowest BCUT2D eigenvalue weighted by Crippen LogP contribution is -2.35. The molecule has 0 aliphatic carbocycles. The van der Waals surface area contributed by atoms with Crippen LogP contribution in [0.5, 0.6) is 0 Å². The molecule has 1 rings (SSSR count). The third kappa shape index (κ3) is 3.62. The second-order valence-electron chi connectivity index (χ2n) is 4.17. The molecule has 0 saturated carbocycles. The van der Waals surface area contributed by atoms with Crippen LogP contribution >= 0.6 is 23.4 Å². The van der Waals surface area contributed by atoms with Gasteiger partial charge >= 0.3 is 0 Å². The number of benzene rings is 1. The number of thioether (sulfide) groups is 1. The van der Waals surface area contributed by atoms with Crippen LogP contribution in [0.1, 0.15) is 18.4 Å². The Hall–Kier alpha value is -0.220. The molecule has 0 saturated heterocycles. The summed E-state index contributed by atoms with van der Waals surface area (Å²) in [6.45, 7) is -0.163. The lowest BCUT2D eigenvalue weighted by atomic mass is 9.78. The zero-order valence-electron chi connectivity index (χ0n) is 10.0. The monoisotopic (exact) mass is 274 g/mol. The molecule has 0 bridgehead atoms. The van der Waals surface area contributed by atoms with Crippen molar-refractivity contribution in [1.29, 1.82) is 0 Å². The van der Waals surface area contributed by atoms with Gasteiger partial charge in [0.2, 0.25) is 0 Å². The normalized spacial score (nSPS) is 11.8. The van der Waals surface area contributed by atoms with Gasteiger partial charge in [-0.25, -0.2) is 0 Å². The van der Waals surface area contributed by atoms with Gasteiger partial charge in [0, 0.05) is 10.4 Å². The van der Waals surface area contributed by atoms with Crippen molar-refractivity contribution in [1.82, 2.24) is 0 Å². The van der Waals surface area contributed by atoms with E-state index in [-0.39, 0.29) is 13.2 Å². The maximum atomic E-state index is 9.63. The average molecular weight is 275 g/mol. The Morgan fingerprint density at radius 1 is 1.24 bits per heavy atom. The largest absolute Gasteiger partial charge is 0.395 e. The molecule has 0 aliphatic rings. The van der Waals surface area contributed by atoms with E-state index in [1.54, 1.807) is 17.8 Å². The van der Waals surface area contributed by atoms with Gasteiger partial charge in [-0.3, -0.25) is 0 Å². The first-order valence-corrected chi connectivity index (χ1v) is 7.43. The molecule has 0 radical (unpaired) electrons. The number of aliphatic hydroxyl groups is 2. The first-order valence-electron chi connectivity index (χ1n) is 5.66. The molecular formula is C13H19ClO2S. The molecule has 2 nitrogen and oxygen atoms in total. The van der Waals surface area contributed by atoms with Crippen LogP contribution in [0.25, 0.3) is 0 Å². The fourth-order valence-electron chi connectivity index (χ4n) is 1.96. The summed E-state index contributed by atoms with van der Waals surface area (Å²) in [6.07, 6.45) is 3.74. The molecule has 96 valence electrons. The standard InChI is InChI=1S/C13H19ClO2S/c1-17-8-4-7-13(9-15,10-16)11-5-2-3-6-12(11)14/h2-3,5-6,15-16H,4,7-10H2,1H3. The highest BCUT2D eigenvalue weighted by Gasteiger charge is 2.32. The molecule has 0 aromatic heterocycles. The van der Waals surface area contributed by atoms with Gasteiger partial charge in [0.05, 0.1) is 13.2 Å². The van der Waals surface area contributed by atoms with Crippen LogP contribution in [0.3, 0.4) is 0 Å². The molecule has 1 aromatic carbocycles. The van der Waals surface area contributed by atoms with Gasteiger partial charge in [-0.05, 0) is 36.5 Å². The topological polar surface area (TPSA) is 40.5 Å². The molecule has 0 spiro atoms. The summed E-state index contributed by atoms with van der Waals surface area (Å²) in [7, 11) is 0. The van der Waals surface area contributed by atoms with E-state index in [0.717, 1.165) is 24.2 Å². The highest BCUT2D eigenvalue weighted by atomic mass is 35.5. The summed E-state index contributed by atoms with van der Waals surface area (Å²) in [6, 6.07) is 7.42. The minimum absolute atomic E-state index is 0.0817. The molecular weight excluding hydrogens is 256 g/mol. The van der Waals surface area contributed by atoms with Crippen LogP contribution < -0.4 is 0 Å². The quantitative estimate of drug-likeness (QED) is 0.751. The molecule has 0 amide bonds. The second-order valence-corrected chi connectivity index (χ2v) is 5.57. The molecule has 0 aliphatic heterocycles. The maximum absolute atomic E-state index is 9.63. The summed E-state index contributed by atoms with van der Waals surface area (Å²) in [5.41, 5.74) is 0.224. The maximum Gasteiger partial charge on any atom is 0.0550 e. The summed E-state index contributed by atoms with van der Waals surface area (Å²) >= 11 is 7.92. The fraction of sp³-hybridized carbons (Fsp3) is 0.538. The number of aliphatic hydroxyl groups excluding tert-OH is 2. The van der Waals surface area contributed by atoms with E-state index in [2.05, 4.69) is 6.26 Å². The lowest BCUT2D eigenvalue weighted by Gasteiger charge is -2.31. The zero-order valence-corrected chi connectivity index (χ0v) is 11.6. The molecule has 0 unspecified atom stereocenters. The highest BCUT2D eigenvalue weighted by molar-refractivity contribution is 7.98. The van der Waals surface area contributed by atoms with Crippen molar-refractivity contribution in [2.24, 2.45) is 0 Å². The van der Waals surface area contributed by atoms with Gasteiger partial charge in [-0.1, -0.05) is 29.8 Å².